The Labute approximate surface area is 166 Å². The van der Waals surface area contributed by atoms with E-state index in [4.69, 9.17) is 10.00 Å². The van der Waals surface area contributed by atoms with Gasteiger partial charge in [0.15, 0.2) is 0 Å². The molecule has 1 aliphatic rings. The van der Waals surface area contributed by atoms with Crippen molar-refractivity contribution >= 4 is 11.6 Å². The molecule has 1 aliphatic heterocycles. The maximum Gasteiger partial charge on any atom is 0.251 e. The lowest BCUT2D eigenvalue weighted by Crippen LogP contribution is -2.47. The van der Waals surface area contributed by atoms with Crippen LogP contribution in [0.1, 0.15) is 22.3 Å². The summed E-state index contributed by atoms with van der Waals surface area (Å²) in [6.07, 6.45) is 0.921. The molecule has 0 bridgehead atoms. The minimum Gasteiger partial charge on any atom is -0.497 e. The van der Waals surface area contributed by atoms with Crippen molar-refractivity contribution in [3.8, 4) is 11.8 Å². The summed E-state index contributed by atoms with van der Waals surface area (Å²) in [4.78, 5) is 16.9. The molecule has 1 N–H and O–H groups in total. The fourth-order valence-corrected chi connectivity index (χ4v) is 3.33. The Hall–Kier alpha value is -3.04. The van der Waals surface area contributed by atoms with E-state index in [1.807, 2.05) is 12.1 Å². The van der Waals surface area contributed by atoms with Crippen molar-refractivity contribution in [3.63, 3.8) is 0 Å². The van der Waals surface area contributed by atoms with Crippen LogP contribution in [0.5, 0.6) is 5.75 Å². The molecule has 0 saturated carbocycles. The third kappa shape index (κ3) is 5.24. The van der Waals surface area contributed by atoms with Gasteiger partial charge in [0.1, 0.15) is 5.75 Å². The number of carbonyl (C=O) groups excluding carboxylic acids is 1. The zero-order valence-corrected chi connectivity index (χ0v) is 16.2. The first-order valence-corrected chi connectivity index (χ1v) is 9.59. The maximum atomic E-state index is 12.1. The lowest BCUT2D eigenvalue weighted by molar-refractivity contribution is 0.0951. The first-order chi connectivity index (χ1) is 13.7. The van der Waals surface area contributed by atoms with E-state index in [-0.39, 0.29) is 5.91 Å². The van der Waals surface area contributed by atoms with Crippen LogP contribution in [0.25, 0.3) is 0 Å². The number of piperazine rings is 1. The first kappa shape index (κ1) is 19.7. The third-order valence-electron chi connectivity index (χ3n) is 5.02. The number of hydrogen-bond donors (Lipinski definition) is 1. The summed E-state index contributed by atoms with van der Waals surface area (Å²) in [5.74, 6) is 0.791. The van der Waals surface area contributed by atoms with Crippen molar-refractivity contribution in [1.29, 1.82) is 5.26 Å². The molecule has 3 rings (SSSR count). The van der Waals surface area contributed by atoms with E-state index in [9.17, 15) is 4.79 Å². The van der Waals surface area contributed by atoms with Gasteiger partial charge in [-0.2, -0.15) is 5.26 Å². The van der Waals surface area contributed by atoms with E-state index in [0.717, 1.165) is 44.9 Å². The van der Waals surface area contributed by atoms with Gasteiger partial charge in [0.25, 0.3) is 5.91 Å². The lowest BCUT2D eigenvalue weighted by Gasteiger charge is -2.36. The zero-order valence-electron chi connectivity index (χ0n) is 16.2. The van der Waals surface area contributed by atoms with E-state index in [2.05, 4.69) is 33.3 Å². The number of hydrogen-bond acceptors (Lipinski definition) is 5. The van der Waals surface area contributed by atoms with Crippen LogP contribution in [0, 0.1) is 11.3 Å². The molecule has 0 unspecified atom stereocenters. The van der Waals surface area contributed by atoms with E-state index in [0.29, 0.717) is 17.7 Å². The Morgan fingerprint density at radius 3 is 2.36 bits per heavy atom. The standard InChI is InChI=1S/C22H26N4O2/c1-28-21-9-7-20(8-10-21)26-15-13-25(14-16-26)12-2-11-24-22(27)19-5-3-18(17-23)4-6-19/h3-10H,2,11-16H2,1H3,(H,24,27). The van der Waals surface area contributed by atoms with Crippen molar-refractivity contribution in [2.24, 2.45) is 0 Å². The number of nitriles is 1. The van der Waals surface area contributed by atoms with Gasteiger partial charge in [-0.1, -0.05) is 0 Å². The average Bonchev–Trinajstić information content (AvgIpc) is 2.77. The summed E-state index contributed by atoms with van der Waals surface area (Å²) in [5, 5.41) is 11.8. The Kier molecular flexibility index (Phi) is 6.88. The minimum atomic E-state index is -0.0891. The number of rotatable bonds is 7. The molecular formula is C22H26N4O2. The highest BCUT2D eigenvalue weighted by atomic mass is 16.5. The van der Waals surface area contributed by atoms with Crippen LogP contribution in [0.2, 0.25) is 0 Å². The van der Waals surface area contributed by atoms with Crippen molar-refractivity contribution in [1.82, 2.24) is 10.2 Å². The van der Waals surface area contributed by atoms with Crippen molar-refractivity contribution in [2.75, 3.05) is 51.3 Å². The topological polar surface area (TPSA) is 68.6 Å². The van der Waals surface area contributed by atoms with Crippen molar-refractivity contribution < 1.29 is 9.53 Å². The minimum absolute atomic E-state index is 0.0891. The Morgan fingerprint density at radius 1 is 1.07 bits per heavy atom. The predicted octanol–water partition coefficient (Wildman–Crippen LogP) is 2.51. The van der Waals surface area contributed by atoms with Gasteiger partial charge in [0.05, 0.1) is 18.7 Å². The molecule has 6 nitrogen and oxygen atoms in total. The van der Waals surface area contributed by atoms with E-state index < -0.39 is 0 Å². The number of nitrogens with zero attached hydrogens (tertiary/aromatic N) is 3. The van der Waals surface area contributed by atoms with Crippen molar-refractivity contribution in [3.05, 3.63) is 59.7 Å². The molecule has 2 aromatic carbocycles. The van der Waals surface area contributed by atoms with Gasteiger partial charge < -0.3 is 15.0 Å². The number of benzene rings is 2. The molecule has 1 heterocycles. The SMILES string of the molecule is COc1ccc(N2CCN(CCCNC(=O)c3ccc(C#N)cc3)CC2)cc1. The molecule has 28 heavy (non-hydrogen) atoms. The molecule has 0 radical (unpaired) electrons. The van der Waals surface area contributed by atoms with Crippen LogP contribution >= 0.6 is 0 Å². The summed E-state index contributed by atoms with van der Waals surface area (Å²) in [6.45, 7) is 5.68. The first-order valence-electron chi connectivity index (χ1n) is 9.59. The largest absolute Gasteiger partial charge is 0.497 e. The van der Waals surface area contributed by atoms with Gasteiger partial charge in [-0.25, -0.2) is 0 Å². The number of anilines is 1. The smallest absolute Gasteiger partial charge is 0.251 e. The number of nitrogens with one attached hydrogen (secondary N) is 1. The second-order valence-corrected chi connectivity index (χ2v) is 6.83. The molecule has 0 atom stereocenters. The maximum absolute atomic E-state index is 12.1. The highest BCUT2D eigenvalue weighted by Gasteiger charge is 2.17. The number of methoxy groups -OCH3 is 1. The third-order valence-corrected chi connectivity index (χ3v) is 5.02. The lowest BCUT2D eigenvalue weighted by atomic mass is 10.1. The predicted molar refractivity (Wildman–Crippen MR) is 110 cm³/mol. The van der Waals surface area contributed by atoms with Gasteiger partial charge in [-0.05, 0) is 61.5 Å². The van der Waals surface area contributed by atoms with Crippen LogP contribution in [0.3, 0.4) is 0 Å². The van der Waals surface area contributed by atoms with Crippen LogP contribution in [0.4, 0.5) is 5.69 Å². The summed E-state index contributed by atoms with van der Waals surface area (Å²) in [5.41, 5.74) is 2.38. The number of carbonyl (C=O) groups is 1. The quantitative estimate of drug-likeness (QED) is 0.750. The Bertz CT molecular complexity index is 804. The van der Waals surface area contributed by atoms with Crippen LogP contribution in [-0.2, 0) is 0 Å². The van der Waals surface area contributed by atoms with Gasteiger partial charge in [-0.15, -0.1) is 0 Å². The van der Waals surface area contributed by atoms with Gasteiger partial charge in [0, 0.05) is 44.0 Å². The summed E-state index contributed by atoms with van der Waals surface area (Å²) < 4.78 is 5.21. The van der Waals surface area contributed by atoms with E-state index >= 15 is 0 Å². The van der Waals surface area contributed by atoms with Gasteiger partial charge in [0.2, 0.25) is 0 Å². The molecule has 1 saturated heterocycles. The zero-order chi connectivity index (χ0) is 19.8. The number of ether oxygens (including phenoxy) is 1. The average molecular weight is 378 g/mol. The summed E-state index contributed by atoms with van der Waals surface area (Å²) in [7, 11) is 1.68. The molecule has 2 aromatic rings. The van der Waals surface area contributed by atoms with Crippen molar-refractivity contribution in [2.45, 2.75) is 6.42 Å². The van der Waals surface area contributed by atoms with Crippen LogP contribution in [-0.4, -0.2) is 57.2 Å². The van der Waals surface area contributed by atoms with Gasteiger partial charge >= 0.3 is 0 Å². The van der Waals surface area contributed by atoms with Gasteiger partial charge in [-0.3, -0.25) is 9.69 Å². The van der Waals surface area contributed by atoms with Crippen LogP contribution < -0.4 is 15.0 Å². The molecule has 1 fully saturated rings. The molecular weight excluding hydrogens is 352 g/mol. The highest BCUT2D eigenvalue weighted by molar-refractivity contribution is 5.94. The molecule has 0 aromatic heterocycles. The fourth-order valence-electron chi connectivity index (χ4n) is 3.33. The molecule has 0 spiro atoms. The second-order valence-electron chi connectivity index (χ2n) is 6.83. The highest BCUT2D eigenvalue weighted by Crippen LogP contribution is 2.20. The summed E-state index contributed by atoms with van der Waals surface area (Å²) >= 11 is 0. The fraction of sp³-hybridized carbons (Fsp3) is 0.364. The normalized spacial score (nSPS) is 14.4. The molecule has 146 valence electrons. The van der Waals surface area contributed by atoms with E-state index in [1.165, 1.54) is 5.69 Å². The van der Waals surface area contributed by atoms with Crippen LogP contribution in [0.15, 0.2) is 48.5 Å². The Morgan fingerprint density at radius 2 is 1.75 bits per heavy atom. The summed E-state index contributed by atoms with van der Waals surface area (Å²) in [6, 6.07) is 17.0. The number of amides is 1. The van der Waals surface area contributed by atoms with E-state index in [1.54, 1.807) is 31.4 Å². The molecule has 1 amide bonds. The second kappa shape index (κ2) is 9.77. The molecule has 0 aliphatic carbocycles. The Balaban J connectivity index is 1.35. The monoisotopic (exact) mass is 378 g/mol. The molecule has 6 heteroatoms.